The van der Waals surface area contributed by atoms with Crippen molar-refractivity contribution in [2.75, 3.05) is 0 Å². The molecule has 2 heterocycles. The minimum Gasteiger partial charge on any atom is -0.448 e. The number of hydrogen-bond acceptors (Lipinski definition) is 3. The quantitative estimate of drug-likeness (QED) is 0.930. The highest BCUT2D eigenvalue weighted by atomic mass is 35.5. The normalized spacial score (nSPS) is 18.8. The van der Waals surface area contributed by atoms with E-state index in [1.54, 1.807) is 6.07 Å². The molecule has 4 nitrogen and oxygen atoms in total. The van der Waals surface area contributed by atoms with Crippen LogP contribution in [0.15, 0.2) is 22.7 Å². The van der Waals surface area contributed by atoms with E-state index in [0.717, 1.165) is 18.6 Å². The molecule has 1 N–H and O–H groups in total. The van der Waals surface area contributed by atoms with Crippen molar-refractivity contribution >= 4 is 11.6 Å². The van der Waals surface area contributed by atoms with Crippen LogP contribution in [-0.4, -0.2) is 9.78 Å². The Morgan fingerprint density at radius 3 is 2.90 bits per heavy atom. The minimum absolute atomic E-state index is 0.0318. The summed E-state index contributed by atoms with van der Waals surface area (Å²) in [5, 5.41) is 8.62. The zero-order chi connectivity index (χ0) is 15.0. The Morgan fingerprint density at radius 2 is 2.24 bits per heavy atom. The van der Waals surface area contributed by atoms with E-state index >= 15 is 0 Å². The molecule has 0 aromatic carbocycles. The van der Waals surface area contributed by atoms with E-state index in [1.807, 2.05) is 12.3 Å². The summed E-state index contributed by atoms with van der Waals surface area (Å²) in [5.41, 5.74) is 2.72. The van der Waals surface area contributed by atoms with E-state index in [1.165, 1.54) is 17.7 Å². The van der Waals surface area contributed by atoms with Gasteiger partial charge in [-0.1, -0.05) is 0 Å². The van der Waals surface area contributed by atoms with Gasteiger partial charge < -0.3 is 9.73 Å². The Balaban J connectivity index is 1.76. The SMILES string of the molecule is CC(C)(C)n1ncc2c1CCC[C@@H]2NCc1ccc(Cl)o1. The molecule has 0 fully saturated rings. The molecule has 0 unspecified atom stereocenters. The van der Waals surface area contributed by atoms with Gasteiger partial charge in [-0.25, -0.2) is 0 Å². The molecule has 5 heteroatoms. The predicted octanol–water partition coefficient (Wildman–Crippen LogP) is 4.05. The Hall–Kier alpha value is -1.26. The molecule has 0 amide bonds. The summed E-state index contributed by atoms with van der Waals surface area (Å²) in [6.45, 7) is 7.28. The van der Waals surface area contributed by atoms with Crippen molar-refractivity contribution in [3.63, 3.8) is 0 Å². The molecule has 1 atom stereocenters. The summed E-state index contributed by atoms with van der Waals surface area (Å²) in [6, 6.07) is 4.04. The van der Waals surface area contributed by atoms with Crippen LogP contribution in [0, 0.1) is 0 Å². The minimum atomic E-state index is 0.0318. The van der Waals surface area contributed by atoms with Crippen LogP contribution in [0.25, 0.3) is 0 Å². The summed E-state index contributed by atoms with van der Waals surface area (Å²) in [6.07, 6.45) is 5.45. The first-order valence-corrected chi connectivity index (χ1v) is 7.88. The first-order valence-electron chi connectivity index (χ1n) is 7.50. The zero-order valence-electron chi connectivity index (χ0n) is 12.8. The van der Waals surface area contributed by atoms with E-state index in [2.05, 4.69) is 35.9 Å². The van der Waals surface area contributed by atoms with Gasteiger partial charge >= 0.3 is 0 Å². The maximum atomic E-state index is 5.81. The summed E-state index contributed by atoms with van der Waals surface area (Å²) >= 11 is 5.81. The van der Waals surface area contributed by atoms with Gasteiger partial charge in [0.2, 0.25) is 0 Å². The standard InChI is InChI=1S/C16H22ClN3O/c1-16(2,3)20-14-6-4-5-13(12(14)10-19-20)18-9-11-7-8-15(17)21-11/h7-8,10,13,18H,4-6,9H2,1-3H3/t13-/m0/s1. The van der Waals surface area contributed by atoms with Crippen molar-refractivity contribution < 1.29 is 4.42 Å². The lowest BCUT2D eigenvalue weighted by Crippen LogP contribution is -2.29. The molecule has 21 heavy (non-hydrogen) atoms. The molecule has 3 rings (SSSR count). The highest BCUT2D eigenvalue weighted by Crippen LogP contribution is 2.32. The van der Waals surface area contributed by atoms with E-state index < -0.39 is 0 Å². The van der Waals surface area contributed by atoms with Gasteiger partial charge in [-0.15, -0.1) is 0 Å². The van der Waals surface area contributed by atoms with Gasteiger partial charge in [0.1, 0.15) is 5.76 Å². The lowest BCUT2D eigenvalue weighted by molar-refractivity contribution is 0.333. The maximum absolute atomic E-state index is 5.81. The van der Waals surface area contributed by atoms with E-state index in [0.29, 0.717) is 17.8 Å². The molecule has 1 aliphatic rings. The average Bonchev–Trinajstić information content (AvgIpc) is 3.01. The monoisotopic (exact) mass is 307 g/mol. The second kappa shape index (κ2) is 5.50. The predicted molar refractivity (Wildman–Crippen MR) is 83.5 cm³/mol. The van der Waals surface area contributed by atoms with E-state index in [-0.39, 0.29) is 5.54 Å². The van der Waals surface area contributed by atoms with Crippen LogP contribution in [0.1, 0.15) is 56.7 Å². The highest BCUT2D eigenvalue weighted by molar-refractivity contribution is 6.28. The van der Waals surface area contributed by atoms with Crippen LogP contribution in [0.2, 0.25) is 5.22 Å². The number of nitrogens with zero attached hydrogens (tertiary/aromatic N) is 2. The average molecular weight is 308 g/mol. The van der Waals surface area contributed by atoms with Gasteiger partial charge in [-0.2, -0.15) is 5.10 Å². The third-order valence-corrected chi connectivity index (χ3v) is 4.17. The summed E-state index contributed by atoms with van der Waals surface area (Å²) in [4.78, 5) is 0. The first kappa shape index (κ1) is 14.7. The molecule has 2 aromatic rings. The highest BCUT2D eigenvalue weighted by Gasteiger charge is 2.27. The lowest BCUT2D eigenvalue weighted by atomic mass is 9.92. The topological polar surface area (TPSA) is 43.0 Å². The molecular formula is C16H22ClN3O. The van der Waals surface area contributed by atoms with Gasteiger partial charge in [0.15, 0.2) is 5.22 Å². The third kappa shape index (κ3) is 3.01. The van der Waals surface area contributed by atoms with Crippen molar-refractivity contribution in [3.8, 4) is 0 Å². The molecular weight excluding hydrogens is 286 g/mol. The Bertz CT molecular complexity index is 624. The van der Waals surface area contributed by atoms with Crippen molar-refractivity contribution in [1.82, 2.24) is 15.1 Å². The number of halogens is 1. The summed E-state index contributed by atoms with van der Waals surface area (Å²) in [5.74, 6) is 0.871. The smallest absolute Gasteiger partial charge is 0.193 e. The van der Waals surface area contributed by atoms with E-state index in [4.69, 9.17) is 16.0 Å². The van der Waals surface area contributed by atoms with Gasteiger partial charge in [0.25, 0.3) is 0 Å². The molecule has 0 bridgehead atoms. The fraction of sp³-hybridized carbons (Fsp3) is 0.562. The molecule has 2 aromatic heterocycles. The number of aromatic nitrogens is 2. The number of rotatable bonds is 3. The second-order valence-electron chi connectivity index (χ2n) is 6.66. The zero-order valence-corrected chi connectivity index (χ0v) is 13.6. The first-order chi connectivity index (χ1) is 9.95. The summed E-state index contributed by atoms with van der Waals surface area (Å²) in [7, 11) is 0. The largest absolute Gasteiger partial charge is 0.448 e. The van der Waals surface area contributed by atoms with Crippen LogP contribution in [-0.2, 0) is 18.5 Å². The molecule has 0 aliphatic heterocycles. The van der Waals surface area contributed by atoms with E-state index in [9.17, 15) is 0 Å². The number of nitrogens with one attached hydrogen (secondary N) is 1. The number of hydrogen-bond donors (Lipinski definition) is 1. The molecule has 0 saturated carbocycles. The van der Waals surface area contributed by atoms with Crippen molar-refractivity contribution in [2.45, 2.75) is 58.2 Å². The number of fused-ring (bicyclic) bond motifs is 1. The molecule has 0 saturated heterocycles. The second-order valence-corrected chi connectivity index (χ2v) is 7.03. The summed E-state index contributed by atoms with van der Waals surface area (Å²) < 4.78 is 7.57. The van der Waals surface area contributed by atoms with Crippen molar-refractivity contribution in [1.29, 1.82) is 0 Å². The third-order valence-electron chi connectivity index (χ3n) is 3.97. The Labute approximate surface area is 130 Å². The maximum Gasteiger partial charge on any atom is 0.193 e. The van der Waals surface area contributed by atoms with Crippen LogP contribution < -0.4 is 5.32 Å². The Kier molecular flexibility index (Phi) is 3.84. The lowest BCUT2D eigenvalue weighted by Gasteiger charge is -2.28. The fourth-order valence-corrected chi connectivity index (χ4v) is 3.18. The van der Waals surface area contributed by atoms with Crippen LogP contribution in [0.5, 0.6) is 0 Å². The van der Waals surface area contributed by atoms with Gasteiger partial charge in [-0.3, -0.25) is 4.68 Å². The van der Waals surface area contributed by atoms with Crippen LogP contribution >= 0.6 is 11.6 Å². The molecule has 114 valence electrons. The molecule has 0 radical (unpaired) electrons. The van der Waals surface area contributed by atoms with Gasteiger partial charge in [0.05, 0.1) is 18.3 Å². The van der Waals surface area contributed by atoms with Crippen LogP contribution in [0.3, 0.4) is 0 Å². The van der Waals surface area contributed by atoms with Crippen molar-refractivity contribution in [3.05, 3.63) is 40.6 Å². The molecule has 0 spiro atoms. The fourth-order valence-electron chi connectivity index (χ4n) is 3.02. The number of furan rings is 1. The van der Waals surface area contributed by atoms with Gasteiger partial charge in [0, 0.05) is 17.3 Å². The molecule has 1 aliphatic carbocycles. The van der Waals surface area contributed by atoms with Gasteiger partial charge in [-0.05, 0) is 63.8 Å². The van der Waals surface area contributed by atoms with Crippen molar-refractivity contribution in [2.24, 2.45) is 0 Å². The Morgan fingerprint density at radius 1 is 1.43 bits per heavy atom. The van der Waals surface area contributed by atoms with Crippen LogP contribution in [0.4, 0.5) is 0 Å².